The van der Waals surface area contributed by atoms with Crippen molar-refractivity contribution in [1.29, 1.82) is 0 Å². The summed E-state index contributed by atoms with van der Waals surface area (Å²) in [5.74, 6) is -0.164. The van der Waals surface area contributed by atoms with E-state index in [4.69, 9.17) is 0 Å². The molecule has 2 heterocycles. The summed E-state index contributed by atoms with van der Waals surface area (Å²) in [6, 6.07) is 3.80. The number of carbonyl (C=O) groups is 2. The average molecular weight is 236 g/mol. The van der Waals surface area contributed by atoms with E-state index >= 15 is 0 Å². The van der Waals surface area contributed by atoms with Gasteiger partial charge in [-0.25, -0.2) is 0 Å². The first-order valence-electron chi connectivity index (χ1n) is 5.03. The quantitative estimate of drug-likeness (QED) is 0.761. The molecule has 16 heavy (non-hydrogen) atoms. The van der Waals surface area contributed by atoms with E-state index in [0.29, 0.717) is 13.0 Å². The second kappa shape index (κ2) is 4.94. The summed E-state index contributed by atoms with van der Waals surface area (Å²) in [4.78, 5) is 23.4. The van der Waals surface area contributed by atoms with Crippen LogP contribution in [0.15, 0.2) is 23.6 Å². The van der Waals surface area contributed by atoms with E-state index in [1.54, 1.807) is 17.4 Å². The highest BCUT2D eigenvalue weighted by molar-refractivity contribution is 7.10. The Morgan fingerprint density at radius 3 is 3.12 bits per heavy atom. The van der Waals surface area contributed by atoms with Gasteiger partial charge in [0.15, 0.2) is 0 Å². The van der Waals surface area contributed by atoms with Crippen molar-refractivity contribution in [2.45, 2.75) is 12.5 Å². The molecular formula is C11H12N2O2S. The molecule has 0 aliphatic carbocycles. The number of amides is 2. The number of thiophene rings is 1. The Balaban J connectivity index is 1.82. The van der Waals surface area contributed by atoms with Crippen LogP contribution >= 0.6 is 11.3 Å². The third kappa shape index (κ3) is 2.93. The first kappa shape index (κ1) is 10.9. The normalized spacial score (nSPS) is 20.0. The maximum atomic E-state index is 11.5. The number of nitrogens with one attached hydrogen (secondary N) is 2. The van der Waals surface area contributed by atoms with Crippen molar-refractivity contribution >= 4 is 29.2 Å². The zero-order valence-electron chi connectivity index (χ0n) is 8.60. The maximum Gasteiger partial charge on any atom is 0.244 e. The Kier molecular flexibility index (Phi) is 3.36. The summed E-state index contributed by atoms with van der Waals surface area (Å²) in [6.07, 6.45) is 3.64. The molecule has 1 aromatic rings. The second-order valence-corrected chi connectivity index (χ2v) is 4.54. The van der Waals surface area contributed by atoms with E-state index < -0.39 is 0 Å². The molecule has 0 bridgehead atoms. The van der Waals surface area contributed by atoms with Gasteiger partial charge >= 0.3 is 0 Å². The fourth-order valence-electron chi connectivity index (χ4n) is 1.50. The van der Waals surface area contributed by atoms with Crippen molar-refractivity contribution in [3.63, 3.8) is 0 Å². The van der Waals surface area contributed by atoms with Gasteiger partial charge in [-0.05, 0) is 17.5 Å². The van der Waals surface area contributed by atoms with E-state index in [1.165, 1.54) is 6.08 Å². The Bertz CT molecular complexity index is 412. The number of carbonyl (C=O) groups excluding carboxylic acids is 2. The van der Waals surface area contributed by atoms with Crippen LogP contribution in [0.5, 0.6) is 0 Å². The molecule has 2 amide bonds. The highest BCUT2D eigenvalue weighted by Crippen LogP contribution is 2.10. The molecule has 4 nitrogen and oxygen atoms in total. The van der Waals surface area contributed by atoms with Gasteiger partial charge in [-0.15, -0.1) is 11.3 Å². The standard InChI is InChI=1S/C11H12N2O2S/c14-10(4-3-9-2-1-5-16-9)13-8-6-11(15)12-7-8/h1-5,8H,6-7H2,(H,12,15)(H,13,14). The molecule has 1 aliphatic heterocycles. The Morgan fingerprint density at radius 1 is 1.62 bits per heavy atom. The first-order valence-corrected chi connectivity index (χ1v) is 5.91. The van der Waals surface area contributed by atoms with Gasteiger partial charge in [0.25, 0.3) is 0 Å². The topological polar surface area (TPSA) is 58.2 Å². The van der Waals surface area contributed by atoms with Crippen molar-refractivity contribution in [3.8, 4) is 0 Å². The van der Waals surface area contributed by atoms with Crippen LogP contribution in [0.1, 0.15) is 11.3 Å². The lowest BCUT2D eigenvalue weighted by Crippen LogP contribution is -2.34. The molecule has 1 aromatic heterocycles. The lowest BCUT2D eigenvalue weighted by Gasteiger charge is -2.06. The summed E-state index contributed by atoms with van der Waals surface area (Å²) < 4.78 is 0. The molecule has 0 radical (unpaired) electrons. The fraction of sp³-hybridized carbons (Fsp3) is 0.273. The highest BCUT2D eigenvalue weighted by atomic mass is 32.1. The molecule has 1 atom stereocenters. The molecule has 84 valence electrons. The minimum absolute atomic E-state index is 0.00691. The predicted octanol–water partition coefficient (Wildman–Crippen LogP) is 0.766. The van der Waals surface area contributed by atoms with Gasteiger partial charge in [0.2, 0.25) is 11.8 Å². The average Bonchev–Trinajstić information content (AvgIpc) is 2.87. The van der Waals surface area contributed by atoms with E-state index in [2.05, 4.69) is 10.6 Å². The van der Waals surface area contributed by atoms with Gasteiger partial charge in [-0.1, -0.05) is 6.07 Å². The summed E-state index contributed by atoms with van der Waals surface area (Å²) in [6.45, 7) is 0.525. The maximum absolute atomic E-state index is 11.5. The molecular weight excluding hydrogens is 224 g/mol. The van der Waals surface area contributed by atoms with Crippen LogP contribution in [0, 0.1) is 0 Å². The fourth-order valence-corrected chi connectivity index (χ4v) is 2.12. The predicted molar refractivity (Wildman–Crippen MR) is 62.9 cm³/mol. The minimum Gasteiger partial charge on any atom is -0.354 e. The second-order valence-electron chi connectivity index (χ2n) is 3.56. The number of hydrogen-bond donors (Lipinski definition) is 2. The van der Waals surface area contributed by atoms with E-state index in [1.807, 2.05) is 17.5 Å². The smallest absolute Gasteiger partial charge is 0.244 e. The van der Waals surface area contributed by atoms with E-state index in [9.17, 15) is 9.59 Å². The van der Waals surface area contributed by atoms with E-state index in [-0.39, 0.29) is 17.9 Å². The van der Waals surface area contributed by atoms with E-state index in [0.717, 1.165) is 4.88 Å². The first-order chi connectivity index (χ1) is 7.74. The lowest BCUT2D eigenvalue weighted by atomic mass is 10.2. The van der Waals surface area contributed by atoms with Gasteiger partial charge in [0.05, 0.1) is 6.04 Å². The molecule has 0 saturated carbocycles. The Labute approximate surface area is 97.4 Å². The largest absolute Gasteiger partial charge is 0.354 e. The van der Waals surface area contributed by atoms with Crippen LogP contribution in [0.25, 0.3) is 6.08 Å². The van der Waals surface area contributed by atoms with Crippen molar-refractivity contribution in [2.75, 3.05) is 6.54 Å². The Hall–Kier alpha value is -1.62. The summed E-state index contributed by atoms with van der Waals surface area (Å²) >= 11 is 1.57. The molecule has 0 spiro atoms. The minimum atomic E-state index is -0.157. The van der Waals surface area contributed by atoms with Crippen molar-refractivity contribution in [3.05, 3.63) is 28.5 Å². The monoisotopic (exact) mass is 236 g/mol. The third-order valence-corrected chi connectivity index (χ3v) is 3.10. The van der Waals surface area contributed by atoms with Crippen LogP contribution in [-0.4, -0.2) is 24.4 Å². The van der Waals surface area contributed by atoms with Gasteiger partial charge in [0.1, 0.15) is 0 Å². The molecule has 2 N–H and O–H groups in total. The van der Waals surface area contributed by atoms with Crippen LogP contribution in [0.2, 0.25) is 0 Å². The highest BCUT2D eigenvalue weighted by Gasteiger charge is 2.21. The number of hydrogen-bond acceptors (Lipinski definition) is 3. The van der Waals surface area contributed by atoms with Crippen molar-refractivity contribution in [1.82, 2.24) is 10.6 Å². The van der Waals surface area contributed by atoms with Gasteiger partial charge in [-0.2, -0.15) is 0 Å². The summed E-state index contributed by atoms with van der Waals surface area (Å²) in [7, 11) is 0. The third-order valence-electron chi connectivity index (χ3n) is 2.27. The summed E-state index contributed by atoms with van der Waals surface area (Å²) in [5.41, 5.74) is 0. The molecule has 0 aromatic carbocycles. The lowest BCUT2D eigenvalue weighted by molar-refractivity contribution is -0.119. The molecule has 5 heteroatoms. The number of rotatable bonds is 3. The van der Waals surface area contributed by atoms with Crippen molar-refractivity contribution < 1.29 is 9.59 Å². The van der Waals surface area contributed by atoms with Crippen LogP contribution in [0.3, 0.4) is 0 Å². The molecule has 2 rings (SSSR count). The molecule has 1 aliphatic rings. The van der Waals surface area contributed by atoms with Crippen LogP contribution in [0.4, 0.5) is 0 Å². The molecule has 1 fully saturated rings. The SMILES string of the molecule is O=C(C=Cc1cccs1)NC1CNC(=O)C1. The molecule has 1 unspecified atom stereocenters. The van der Waals surface area contributed by atoms with Gasteiger partial charge in [0, 0.05) is 23.9 Å². The van der Waals surface area contributed by atoms with Crippen molar-refractivity contribution in [2.24, 2.45) is 0 Å². The molecule has 1 saturated heterocycles. The van der Waals surface area contributed by atoms with Crippen LogP contribution in [-0.2, 0) is 9.59 Å². The van der Waals surface area contributed by atoms with Crippen LogP contribution < -0.4 is 10.6 Å². The van der Waals surface area contributed by atoms with Gasteiger partial charge < -0.3 is 10.6 Å². The zero-order valence-corrected chi connectivity index (χ0v) is 9.42. The summed E-state index contributed by atoms with van der Waals surface area (Å²) in [5, 5.41) is 7.39. The zero-order chi connectivity index (χ0) is 11.4. The van der Waals surface area contributed by atoms with Gasteiger partial charge in [-0.3, -0.25) is 9.59 Å². The Morgan fingerprint density at radius 2 is 2.50 bits per heavy atom.